The first-order chi connectivity index (χ1) is 8.34. The number of nitrogens with zero attached hydrogens (tertiary/aromatic N) is 1. The third-order valence-corrected chi connectivity index (χ3v) is 4.38. The van der Waals surface area contributed by atoms with Gasteiger partial charge in [0, 0.05) is 0 Å². The van der Waals surface area contributed by atoms with E-state index in [1.165, 1.54) is 9.79 Å². The van der Waals surface area contributed by atoms with E-state index in [4.69, 9.17) is 5.73 Å². The van der Waals surface area contributed by atoms with E-state index in [2.05, 4.69) is 27.9 Å². The van der Waals surface area contributed by atoms with E-state index in [1.807, 2.05) is 36.4 Å². The molecular weight excluding hydrogens is 230 g/mol. The van der Waals surface area contributed by atoms with Crippen molar-refractivity contribution in [1.82, 2.24) is 0 Å². The Morgan fingerprint density at radius 2 is 1.65 bits per heavy atom. The smallest absolute Gasteiger partial charge is 0.248 e. The van der Waals surface area contributed by atoms with Crippen molar-refractivity contribution in [1.29, 1.82) is 0 Å². The molecule has 0 aliphatic carbocycles. The summed E-state index contributed by atoms with van der Waals surface area (Å²) in [5, 5.41) is 3.09. The molecular formula is C13H12N3S+. The molecule has 0 saturated heterocycles. The molecule has 4 heteroatoms. The maximum Gasteiger partial charge on any atom is 0.248 e. The SMILES string of the molecule is NC1=N[S+](c2ccccc2)c2ccccc2N1. The van der Waals surface area contributed by atoms with Crippen LogP contribution in [0.1, 0.15) is 0 Å². The Labute approximate surface area is 103 Å². The lowest BCUT2D eigenvalue weighted by Gasteiger charge is -2.13. The molecule has 0 amide bonds. The van der Waals surface area contributed by atoms with Crippen molar-refractivity contribution in [3.8, 4) is 0 Å². The minimum Gasteiger partial charge on any atom is -0.366 e. The largest absolute Gasteiger partial charge is 0.366 e. The topological polar surface area (TPSA) is 50.4 Å². The van der Waals surface area contributed by atoms with Gasteiger partial charge in [0.2, 0.25) is 21.9 Å². The number of anilines is 1. The molecule has 0 spiro atoms. The Kier molecular flexibility index (Phi) is 2.49. The van der Waals surface area contributed by atoms with Gasteiger partial charge in [-0.25, -0.2) is 0 Å². The van der Waals surface area contributed by atoms with E-state index in [1.54, 1.807) is 0 Å². The molecule has 17 heavy (non-hydrogen) atoms. The van der Waals surface area contributed by atoms with Crippen LogP contribution in [0.4, 0.5) is 5.69 Å². The second kappa shape index (κ2) is 4.14. The van der Waals surface area contributed by atoms with Gasteiger partial charge in [-0.05, 0) is 28.7 Å². The molecule has 3 N–H and O–H groups in total. The quantitative estimate of drug-likeness (QED) is 0.754. The van der Waals surface area contributed by atoms with Crippen molar-refractivity contribution < 1.29 is 0 Å². The molecule has 1 atom stereocenters. The summed E-state index contributed by atoms with van der Waals surface area (Å²) in [4.78, 5) is 2.37. The van der Waals surface area contributed by atoms with Gasteiger partial charge >= 0.3 is 0 Å². The number of hydrogen-bond donors (Lipinski definition) is 2. The first kappa shape index (κ1) is 10.2. The van der Waals surface area contributed by atoms with Gasteiger partial charge in [0.15, 0.2) is 4.90 Å². The molecule has 0 bridgehead atoms. The van der Waals surface area contributed by atoms with Crippen LogP contribution in [0.15, 0.2) is 68.8 Å². The number of benzene rings is 2. The molecule has 1 aliphatic rings. The predicted octanol–water partition coefficient (Wildman–Crippen LogP) is 2.38. The van der Waals surface area contributed by atoms with Gasteiger partial charge in [0.05, 0.1) is 0 Å². The molecule has 0 radical (unpaired) electrons. The Hall–Kier alpha value is -1.94. The summed E-state index contributed by atoms with van der Waals surface area (Å²) in [5.74, 6) is 0.482. The lowest BCUT2D eigenvalue weighted by atomic mass is 10.3. The predicted molar refractivity (Wildman–Crippen MR) is 72.0 cm³/mol. The number of hydrogen-bond acceptors (Lipinski definition) is 3. The van der Waals surface area contributed by atoms with Crippen LogP contribution in [0.5, 0.6) is 0 Å². The van der Waals surface area contributed by atoms with Crippen LogP contribution in [0.2, 0.25) is 0 Å². The van der Waals surface area contributed by atoms with Crippen LogP contribution < -0.4 is 11.1 Å². The second-order valence-corrected chi connectivity index (χ2v) is 5.36. The van der Waals surface area contributed by atoms with Gasteiger partial charge in [0.25, 0.3) is 0 Å². The zero-order valence-corrected chi connectivity index (χ0v) is 9.95. The van der Waals surface area contributed by atoms with Gasteiger partial charge < -0.3 is 11.1 Å². The Bertz CT molecular complexity index is 566. The maximum atomic E-state index is 5.82. The first-order valence-electron chi connectivity index (χ1n) is 5.34. The summed E-state index contributed by atoms with van der Waals surface area (Å²) in [6, 6.07) is 18.4. The molecule has 0 saturated carbocycles. The highest BCUT2D eigenvalue weighted by molar-refractivity contribution is 7.96. The van der Waals surface area contributed by atoms with E-state index in [9.17, 15) is 0 Å². The Morgan fingerprint density at radius 3 is 2.47 bits per heavy atom. The fourth-order valence-corrected chi connectivity index (χ4v) is 3.43. The van der Waals surface area contributed by atoms with E-state index in [0.29, 0.717) is 5.96 Å². The van der Waals surface area contributed by atoms with Crippen LogP contribution in [0.25, 0.3) is 0 Å². The average Bonchev–Trinajstić information content (AvgIpc) is 2.39. The van der Waals surface area contributed by atoms with Crippen LogP contribution in [0, 0.1) is 0 Å². The first-order valence-corrected chi connectivity index (χ1v) is 6.52. The molecule has 2 aromatic carbocycles. The summed E-state index contributed by atoms with van der Waals surface area (Å²) >= 11 is -0.313. The molecule has 0 fully saturated rings. The molecule has 2 aromatic rings. The minimum absolute atomic E-state index is 0.313. The maximum absolute atomic E-state index is 5.82. The molecule has 1 heterocycles. The lowest BCUT2D eigenvalue weighted by Crippen LogP contribution is -2.28. The Balaban J connectivity index is 2.12. The van der Waals surface area contributed by atoms with Crippen molar-refractivity contribution in [2.24, 2.45) is 10.1 Å². The monoisotopic (exact) mass is 242 g/mol. The highest BCUT2D eigenvalue weighted by Gasteiger charge is 2.33. The minimum atomic E-state index is -0.313. The van der Waals surface area contributed by atoms with E-state index >= 15 is 0 Å². The fourth-order valence-electron chi connectivity index (χ4n) is 1.78. The summed E-state index contributed by atoms with van der Waals surface area (Å²) in [5.41, 5.74) is 6.87. The van der Waals surface area contributed by atoms with Gasteiger partial charge in [-0.3, -0.25) is 0 Å². The summed E-state index contributed by atoms with van der Waals surface area (Å²) < 4.78 is 4.50. The Morgan fingerprint density at radius 1 is 0.941 bits per heavy atom. The standard InChI is InChI=1S/C13H12N3S/c14-13-15-11-8-4-5-9-12(11)17(16-13)10-6-2-1-3-7-10/h1-9H,(H3,14,15,16)/q+1. The number of para-hydroxylation sites is 1. The van der Waals surface area contributed by atoms with Gasteiger partial charge in [0.1, 0.15) is 5.69 Å². The third-order valence-electron chi connectivity index (χ3n) is 2.51. The molecule has 0 aromatic heterocycles. The fraction of sp³-hybridized carbons (Fsp3) is 0. The second-order valence-electron chi connectivity index (χ2n) is 3.70. The van der Waals surface area contributed by atoms with Gasteiger partial charge in [-0.15, -0.1) is 0 Å². The van der Waals surface area contributed by atoms with Crippen molar-refractivity contribution >= 4 is 22.7 Å². The summed E-state index contributed by atoms with van der Waals surface area (Å²) in [7, 11) is 0. The normalized spacial score (nSPS) is 17.9. The highest BCUT2D eigenvalue weighted by atomic mass is 32.2. The van der Waals surface area contributed by atoms with Crippen LogP contribution in [0.3, 0.4) is 0 Å². The van der Waals surface area contributed by atoms with Gasteiger partial charge in [-0.1, -0.05) is 30.3 Å². The summed E-state index contributed by atoms with van der Waals surface area (Å²) in [6.07, 6.45) is 0. The van der Waals surface area contributed by atoms with Crippen molar-refractivity contribution in [3.63, 3.8) is 0 Å². The van der Waals surface area contributed by atoms with Crippen molar-refractivity contribution in [3.05, 3.63) is 54.6 Å². The number of nitrogens with two attached hydrogens (primary N) is 1. The number of nitrogens with one attached hydrogen (secondary N) is 1. The number of rotatable bonds is 1. The van der Waals surface area contributed by atoms with Gasteiger partial charge in [-0.2, -0.15) is 0 Å². The average molecular weight is 242 g/mol. The van der Waals surface area contributed by atoms with Crippen LogP contribution in [-0.2, 0) is 11.1 Å². The number of guanidine groups is 1. The van der Waals surface area contributed by atoms with E-state index < -0.39 is 0 Å². The molecule has 3 rings (SSSR count). The molecule has 1 aliphatic heterocycles. The van der Waals surface area contributed by atoms with E-state index in [-0.39, 0.29) is 11.1 Å². The van der Waals surface area contributed by atoms with E-state index in [0.717, 1.165) is 5.69 Å². The molecule has 1 unspecified atom stereocenters. The third kappa shape index (κ3) is 1.87. The highest BCUT2D eigenvalue weighted by Crippen LogP contribution is 2.32. The summed E-state index contributed by atoms with van der Waals surface area (Å²) in [6.45, 7) is 0. The van der Waals surface area contributed by atoms with Crippen LogP contribution >= 0.6 is 0 Å². The molecule has 3 nitrogen and oxygen atoms in total. The zero-order valence-electron chi connectivity index (χ0n) is 9.13. The zero-order chi connectivity index (χ0) is 11.7. The van der Waals surface area contributed by atoms with Crippen molar-refractivity contribution in [2.75, 3.05) is 5.32 Å². The molecule has 84 valence electrons. The number of fused-ring (bicyclic) bond motifs is 1. The van der Waals surface area contributed by atoms with Crippen LogP contribution in [-0.4, -0.2) is 5.96 Å². The lowest BCUT2D eigenvalue weighted by molar-refractivity contribution is 1.32. The van der Waals surface area contributed by atoms with Crippen molar-refractivity contribution in [2.45, 2.75) is 9.79 Å².